The molecule has 1 aliphatic carbocycles. The van der Waals surface area contributed by atoms with E-state index in [-0.39, 0.29) is 12.1 Å². The van der Waals surface area contributed by atoms with Gasteiger partial charge in [-0.25, -0.2) is 0 Å². The maximum Gasteiger partial charge on any atom is 0.119 e. The molecule has 3 nitrogen and oxygen atoms in total. The van der Waals surface area contributed by atoms with E-state index >= 15 is 0 Å². The number of fused-ring (bicyclic) bond motifs is 1. The Labute approximate surface area is 126 Å². The van der Waals surface area contributed by atoms with Gasteiger partial charge in [0.2, 0.25) is 0 Å². The molecular weight excluding hydrogens is 260 g/mol. The van der Waals surface area contributed by atoms with Crippen molar-refractivity contribution in [3.63, 3.8) is 0 Å². The van der Waals surface area contributed by atoms with Gasteiger partial charge in [-0.1, -0.05) is 24.3 Å². The lowest BCUT2D eigenvalue weighted by Gasteiger charge is -2.18. The fraction of sp³-hybridized carbons (Fsp3) is 0.333. The van der Waals surface area contributed by atoms with Gasteiger partial charge in [0, 0.05) is 11.7 Å². The van der Waals surface area contributed by atoms with Crippen LogP contribution < -0.4 is 15.8 Å². The predicted octanol–water partition coefficient (Wildman–Crippen LogP) is 3.95. The van der Waals surface area contributed by atoms with Crippen LogP contribution in [0, 0.1) is 6.92 Å². The van der Waals surface area contributed by atoms with Crippen molar-refractivity contribution in [3.05, 3.63) is 59.2 Å². The van der Waals surface area contributed by atoms with Crippen LogP contribution in [0.25, 0.3) is 0 Å². The Bertz CT molecular complexity index is 639. The molecule has 21 heavy (non-hydrogen) atoms. The highest BCUT2D eigenvalue weighted by molar-refractivity contribution is 5.56. The topological polar surface area (TPSA) is 47.3 Å². The molecule has 0 amide bonds. The predicted molar refractivity (Wildman–Crippen MR) is 86.7 cm³/mol. The molecule has 0 aromatic heterocycles. The second kappa shape index (κ2) is 5.78. The van der Waals surface area contributed by atoms with E-state index in [1.54, 1.807) is 0 Å². The zero-order chi connectivity index (χ0) is 14.8. The number of ether oxygens (including phenoxy) is 1. The summed E-state index contributed by atoms with van der Waals surface area (Å²) in [6.45, 7) is 4.79. The Hall–Kier alpha value is -2.00. The van der Waals surface area contributed by atoms with E-state index in [4.69, 9.17) is 10.5 Å². The monoisotopic (exact) mass is 282 g/mol. The first-order valence-electron chi connectivity index (χ1n) is 7.53. The zero-order valence-electron chi connectivity index (χ0n) is 12.6. The van der Waals surface area contributed by atoms with E-state index < -0.39 is 0 Å². The summed E-state index contributed by atoms with van der Waals surface area (Å²) in [4.78, 5) is 0. The number of aryl methyl sites for hydroxylation is 1. The average molecular weight is 282 g/mol. The summed E-state index contributed by atoms with van der Waals surface area (Å²) < 4.78 is 5.54. The molecule has 2 unspecified atom stereocenters. The highest BCUT2D eigenvalue weighted by Gasteiger charge is 2.28. The van der Waals surface area contributed by atoms with Gasteiger partial charge in [0.05, 0.1) is 12.6 Å². The third-order valence-corrected chi connectivity index (χ3v) is 4.10. The van der Waals surface area contributed by atoms with E-state index in [2.05, 4.69) is 48.6 Å². The Kier molecular flexibility index (Phi) is 3.84. The van der Waals surface area contributed by atoms with Gasteiger partial charge >= 0.3 is 0 Å². The van der Waals surface area contributed by atoms with Gasteiger partial charge in [-0.2, -0.15) is 0 Å². The molecule has 0 saturated heterocycles. The maximum atomic E-state index is 6.23. The van der Waals surface area contributed by atoms with Crippen molar-refractivity contribution in [1.29, 1.82) is 0 Å². The van der Waals surface area contributed by atoms with Crippen LogP contribution in [0.2, 0.25) is 0 Å². The first-order chi connectivity index (χ1) is 10.2. The van der Waals surface area contributed by atoms with Crippen LogP contribution in [-0.2, 0) is 0 Å². The number of benzene rings is 2. The molecule has 1 aliphatic rings. The number of nitrogens with one attached hydrogen (secondary N) is 1. The van der Waals surface area contributed by atoms with E-state index in [0.29, 0.717) is 6.61 Å². The molecule has 2 aromatic rings. The average Bonchev–Trinajstić information content (AvgIpc) is 2.79. The molecule has 0 radical (unpaired) electrons. The van der Waals surface area contributed by atoms with Crippen molar-refractivity contribution in [2.45, 2.75) is 32.4 Å². The zero-order valence-corrected chi connectivity index (χ0v) is 12.6. The van der Waals surface area contributed by atoms with Crippen LogP contribution in [0.1, 0.15) is 42.1 Å². The lowest BCUT2D eigenvalue weighted by Crippen LogP contribution is -2.10. The number of nitrogens with two attached hydrogens (primary N) is 1. The fourth-order valence-electron chi connectivity index (χ4n) is 3.05. The molecule has 110 valence electrons. The quantitative estimate of drug-likeness (QED) is 0.892. The normalized spacial score (nSPS) is 20.1. The summed E-state index contributed by atoms with van der Waals surface area (Å²) in [7, 11) is 0. The molecule has 0 spiro atoms. The Morgan fingerprint density at radius 1 is 1.19 bits per heavy atom. The Balaban J connectivity index is 1.82. The minimum atomic E-state index is 0.127. The Morgan fingerprint density at radius 2 is 1.95 bits per heavy atom. The van der Waals surface area contributed by atoms with Crippen molar-refractivity contribution >= 4 is 5.69 Å². The van der Waals surface area contributed by atoms with Gasteiger partial charge in [0.15, 0.2) is 0 Å². The molecule has 0 aliphatic heterocycles. The van der Waals surface area contributed by atoms with Crippen LogP contribution in [0.4, 0.5) is 5.69 Å². The lowest BCUT2D eigenvalue weighted by atomic mass is 10.1. The minimum Gasteiger partial charge on any atom is -0.494 e. The highest BCUT2D eigenvalue weighted by atomic mass is 16.5. The van der Waals surface area contributed by atoms with Crippen molar-refractivity contribution < 1.29 is 4.74 Å². The summed E-state index contributed by atoms with van der Waals surface area (Å²) in [5.41, 5.74) is 11.2. The molecule has 3 rings (SSSR count). The van der Waals surface area contributed by atoms with Crippen molar-refractivity contribution in [2.24, 2.45) is 5.73 Å². The number of hydrogen-bond acceptors (Lipinski definition) is 3. The van der Waals surface area contributed by atoms with Gasteiger partial charge in [-0.15, -0.1) is 0 Å². The number of anilines is 1. The second-order valence-corrected chi connectivity index (χ2v) is 5.58. The minimum absolute atomic E-state index is 0.127. The molecule has 0 bridgehead atoms. The summed E-state index contributed by atoms with van der Waals surface area (Å²) in [5, 5.41) is 3.63. The van der Waals surface area contributed by atoms with Crippen LogP contribution in [0.3, 0.4) is 0 Å². The maximum absolute atomic E-state index is 6.23. The first-order valence-corrected chi connectivity index (χ1v) is 7.53. The largest absolute Gasteiger partial charge is 0.494 e. The molecule has 0 fully saturated rings. The summed E-state index contributed by atoms with van der Waals surface area (Å²) in [5.74, 6) is 0.920. The van der Waals surface area contributed by atoms with Crippen LogP contribution in [-0.4, -0.2) is 6.61 Å². The highest BCUT2D eigenvalue weighted by Crippen LogP contribution is 2.39. The fourth-order valence-corrected chi connectivity index (χ4v) is 3.05. The van der Waals surface area contributed by atoms with E-state index in [1.165, 1.54) is 16.7 Å². The summed E-state index contributed by atoms with van der Waals surface area (Å²) in [6.07, 6.45) is 0.937. The van der Waals surface area contributed by atoms with Gasteiger partial charge in [-0.3, -0.25) is 0 Å². The number of hydrogen-bond donors (Lipinski definition) is 2. The van der Waals surface area contributed by atoms with Crippen LogP contribution in [0.15, 0.2) is 42.5 Å². The molecule has 3 N–H and O–H groups in total. The van der Waals surface area contributed by atoms with Crippen molar-refractivity contribution in [3.8, 4) is 5.75 Å². The smallest absolute Gasteiger partial charge is 0.119 e. The van der Waals surface area contributed by atoms with Gasteiger partial charge < -0.3 is 15.8 Å². The summed E-state index contributed by atoms with van der Waals surface area (Å²) >= 11 is 0. The SMILES string of the molecule is CCOc1ccc(NC2CC(N)c3ccccc32)c(C)c1. The van der Waals surface area contributed by atoms with Gasteiger partial charge in [0.1, 0.15) is 5.75 Å². The molecule has 3 heteroatoms. The van der Waals surface area contributed by atoms with Gasteiger partial charge in [0.25, 0.3) is 0 Å². The van der Waals surface area contributed by atoms with E-state index in [1.807, 2.05) is 13.0 Å². The molecule has 2 aromatic carbocycles. The standard InChI is InChI=1S/C18H22N2O/c1-3-21-13-8-9-17(12(2)10-13)20-18-11-16(19)14-6-4-5-7-15(14)18/h4-10,16,18,20H,3,11,19H2,1-2H3. The van der Waals surface area contributed by atoms with Crippen LogP contribution >= 0.6 is 0 Å². The van der Waals surface area contributed by atoms with Crippen molar-refractivity contribution in [1.82, 2.24) is 0 Å². The lowest BCUT2D eigenvalue weighted by molar-refractivity contribution is 0.340. The third kappa shape index (κ3) is 2.74. The molecule has 2 atom stereocenters. The van der Waals surface area contributed by atoms with Gasteiger partial charge in [-0.05, 0) is 55.2 Å². The van der Waals surface area contributed by atoms with Crippen LogP contribution in [0.5, 0.6) is 5.75 Å². The Morgan fingerprint density at radius 3 is 2.67 bits per heavy atom. The molecule has 0 saturated carbocycles. The number of rotatable bonds is 4. The second-order valence-electron chi connectivity index (χ2n) is 5.58. The van der Waals surface area contributed by atoms with E-state index in [0.717, 1.165) is 17.9 Å². The molecular formula is C18H22N2O. The van der Waals surface area contributed by atoms with Crippen molar-refractivity contribution in [2.75, 3.05) is 11.9 Å². The summed E-state index contributed by atoms with van der Waals surface area (Å²) in [6, 6.07) is 15.0. The van der Waals surface area contributed by atoms with E-state index in [9.17, 15) is 0 Å². The third-order valence-electron chi connectivity index (χ3n) is 4.10. The molecule has 0 heterocycles. The first kappa shape index (κ1) is 14.0.